The fourth-order valence-corrected chi connectivity index (χ4v) is 4.54. The molecule has 2 atom stereocenters. The van der Waals surface area contributed by atoms with Gasteiger partial charge >= 0.3 is 0 Å². The molecule has 2 unspecified atom stereocenters. The second-order valence-electron chi connectivity index (χ2n) is 7.45. The van der Waals surface area contributed by atoms with Crippen molar-refractivity contribution < 1.29 is 14.3 Å². The predicted molar refractivity (Wildman–Crippen MR) is 126 cm³/mol. The van der Waals surface area contributed by atoms with Crippen molar-refractivity contribution in [2.45, 2.75) is 18.5 Å². The minimum Gasteiger partial charge on any atom is -0.505 e. The number of amides is 1. The van der Waals surface area contributed by atoms with Crippen molar-refractivity contribution in [3.8, 4) is 16.3 Å². The van der Waals surface area contributed by atoms with Crippen LogP contribution in [0.3, 0.4) is 0 Å². The van der Waals surface area contributed by atoms with Crippen LogP contribution in [0.25, 0.3) is 10.6 Å². The van der Waals surface area contributed by atoms with Crippen molar-refractivity contribution in [2.24, 2.45) is 0 Å². The number of nitrogens with one attached hydrogen (secondary N) is 2. The van der Waals surface area contributed by atoms with Crippen molar-refractivity contribution in [1.29, 1.82) is 0 Å². The van der Waals surface area contributed by atoms with E-state index < -0.39 is 17.6 Å². The standard InChI is InChI=1S/C25H23FN4O2S/c1-27-20(16-6-5-12-28-15-16)14-21(17-7-4-8-18(26)24(17)31)30-25(32)23-11-10-22(33-23)19-9-2-3-13-29-19/h2-13,15,20-21,27,31H,14H2,1H3,(H,30,32). The molecule has 4 rings (SSSR count). The largest absolute Gasteiger partial charge is 0.505 e. The normalized spacial score (nSPS) is 12.8. The molecular formula is C25H23FN4O2S. The molecule has 1 amide bonds. The lowest BCUT2D eigenvalue weighted by Gasteiger charge is -2.25. The van der Waals surface area contributed by atoms with Gasteiger partial charge in [0.1, 0.15) is 0 Å². The predicted octanol–water partition coefficient (Wildman–Crippen LogP) is 4.87. The molecule has 4 aromatic rings. The van der Waals surface area contributed by atoms with E-state index in [0.29, 0.717) is 16.9 Å². The van der Waals surface area contributed by atoms with E-state index in [-0.39, 0.29) is 11.9 Å². The Labute approximate surface area is 195 Å². The average molecular weight is 463 g/mol. The summed E-state index contributed by atoms with van der Waals surface area (Å²) in [6, 6.07) is 16.5. The van der Waals surface area contributed by atoms with Crippen molar-refractivity contribution in [2.75, 3.05) is 7.05 Å². The van der Waals surface area contributed by atoms with Gasteiger partial charge in [-0.2, -0.15) is 0 Å². The topological polar surface area (TPSA) is 87.1 Å². The molecule has 0 aliphatic rings. The summed E-state index contributed by atoms with van der Waals surface area (Å²) in [6.45, 7) is 0. The maximum atomic E-state index is 14.1. The van der Waals surface area contributed by atoms with E-state index >= 15 is 0 Å². The Balaban J connectivity index is 1.61. The lowest BCUT2D eigenvalue weighted by Crippen LogP contribution is -2.31. The van der Waals surface area contributed by atoms with E-state index in [4.69, 9.17) is 0 Å². The zero-order valence-corrected chi connectivity index (χ0v) is 18.7. The van der Waals surface area contributed by atoms with Crippen molar-refractivity contribution in [1.82, 2.24) is 20.6 Å². The van der Waals surface area contributed by atoms with Gasteiger partial charge in [-0.1, -0.05) is 24.3 Å². The van der Waals surface area contributed by atoms with E-state index in [1.807, 2.05) is 36.4 Å². The van der Waals surface area contributed by atoms with Gasteiger partial charge in [0.15, 0.2) is 11.6 Å². The summed E-state index contributed by atoms with van der Waals surface area (Å²) in [5, 5.41) is 16.6. The molecule has 8 heteroatoms. The summed E-state index contributed by atoms with van der Waals surface area (Å²) in [6.07, 6.45) is 5.51. The number of thiophene rings is 1. The minimum absolute atomic E-state index is 0.181. The number of hydrogen-bond acceptors (Lipinski definition) is 6. The number of aromatic hydroxyl groups is 1. The quantitative estimate of drug-likeness (QED) is 0.348. The van der Waals surface area contributed by atoms with Crippen molar-refractivity contribution in [3.05, 3.63) is 101 Å². The summed E-state index contributed by atoms with van der Waals surface area (Å²) in [4.78, 5) is 23.0. The molecule has 3 aromatic heterocycles. The number of benzene rings is 1. The molecule has 0 aliphatic carbocycles. The maximum Gasteiger partial charge on any atom is 0.261 e. The van der Waals surface area contributed by atoms with Crippen molar-refractivity contribution in [3.63, 3.8) is 0 Å². The smallest absolute Gasteiger partial charge is 0.261 e. The monoisotopic (exact) mass is 462 g/mol. The van der Waals surface area contributed by atoms with Crippen LogP contribution in [-0.2, 0) is 0 Å². The number of para-hydroxylation sites is 1. The molecule has 0 bridgehead atoms. The lowest BCUT2D eigenvalue weighted by atomic mass is 9.94. The third kappa shape index (κ3) is 5.24. The van der Waals surface area contributed by atoms with Gasteiger partial charge in [0, 0.05) is 30.2 Å². The zero-order valence-electron chi connectivity index (χ0n) is 17.9. The molecule has 168 valence electrons. The van der Waals surface area contributed by atoms with E-state index in [9.17, 15) is 14.3 Å². The average Bonchev–Trinajstić information content (AvgIpc) is 3.35. The molecule has 3 heterocycles. The fraction of sp³-hybridized carbons (Fsp3) is 0.160. The highest BCUT2D eigenvalue weighted by Crippen LogP contribution is 2.34. The van der Waals surface area contributed by atoms with E-state index in [1.54, 1.807) is 37.8 Å². The molecule has 3 N–H and O–H groups in total. The fourth-order valence-electron chi connectivity index (χ4n) is 3.65. The summed E-state index contributed by atoms with van der Waals surface area (Å²) in [7, 11) is 1.81. The van der Waals surface area contributed by atoms with Crippen LogP contribution in [0, 0.1) is 5.82 Å². The third-order valence-corrected chi connectivity index (χ3v) is 6.46. The van der Waals surface area contributed by atoms with Gasteiger partial charge in [0.05, 0.1) is 21.5 Å². The number of hydrogen-bond donors (Lipinski definition) is 3. The van der Waals surface area contributed by atoms with Crippen LogP contribution in [0.4, 0.5) is 4.39 Å². The third-order valence-electron chi connectivity index (χ3n) is 5.35. The number of rotatable bonds is 8. The Bertz CT molecular complexity index is 1220. The second kappa shape index (κ2) is 10.3. The highest BCUT2D eigenvalue weighted by Gasteiger charge is 2.25. The minimum atomic E-state index is -0.734. The number of nitrogens with zero attached hydrogens (tertiary/aromatic N) is 2. The van der Waals surface area contributed by atoms with Gasteiger partial charge in [-0.3, -0.25) is 14.8 Å². The summed E-state index contributed by atoms with van der Waals surface area (Å²) >= 11 is 1.32. The zero-order chi connectivity index (χ0) is 23.2. The SMILES string of the molecule is CNC(CC(NC(=O)c1ccc(-c2ccccn2)s1)c1cccc(F)c1O)c1cccnc1. The molecule has 0 aliphatic heterocycles. The van der Waals surface area contributed by atoms with Crippen molar-refractivity contribution >= 4 is 17.2 Å². The van der Waals surface area contributed by atoms with Gasteiger partial charge in [-0.15, -0.1) is 11.3 Å². The Hall–Kier alpha value is -3.62. The number of carbonyl (C=O) groups excluding carboxylic acids is 1. The first-order valence-electron chi connectivity index (χ1n) is 10.4. The number of phenolic OH excluding ortho intramolecular Hbond substituents is 1. The van der Waals surface area contributed by atoms with E-state index in [2.05, 4.69) is 20.6 Å². The van der Waals surface area contributed by atoms with Gasteiger partial charge in [-0.05, 0) is 55.4 Å². The Morgan fingerprint density at radius 3 is 2.67 bits per heavy atom. The van der Waals surface area contributed by atoms with Gasteiger partial charge in [0.2, 0.25) is 0 Å². The highest BCUT2D eigenvalue weighted by molar-refractivity contribution is 7.17. The molecule has 33 heavy (non-hydrogen) atoms. The van der Waals surface area contributed by atoms with E-state index in [0.717, 1.165) is 16.1 Å². The van der Waals surface area contributed by atoms with Crippen LogP contribution < -0.4 is 10.6 Å². The number of aromatic nitrogens is 2. The number of pyridine rings is 2. The number of phenols is 1. The number of halogens is 1. The molecule has 1 aromatic carbocycles. The molecular weight excluding hydrogens is 439 g/mol. The Morgan fingerprint density at radius 2 is 1.94 bits per heavy atom. The molecule has 0 saturated carbocycles. The van der Waals surface area contributed by atoms with Crippen LogP contribution >= 0.6 is 11.3 Å². The van der Waals surface area contributed by atoms with Crippen LogP contribution in [0.15, 0.2) is 79.3 Å². The Morgan fingerprint density at radius 1 is 1.06 bits per heavy atom. The lowest BCUT2D eigenvalue weighted by molar-refractivity contribution is 0.0936. The summed E-state index contributed by atoms with van der Waals surface area (Å²) in [5.41, 5.74) is 2.02. The second-order valence-corrected chi connectivity index (χ2v) is 8.53. The van der Waals surface area contributed by atoms with Crippen LogP contribution in [0.1, 0.15) is 39.3 Å². The first-order valence-corrected chi connectivity index (χ1v) is 11.2. The first kappa shape index (κ1) is 22.6. The van der Waals surface area contributed by atoms with Crippen LogP contribution in [0.5, 0.6) is 5.75 Å². The Kier molecular flexibility index (Phi) is 7.07. The molecule has 0 fully saturated rings. The first-order chi connectivity index (χ1) is 16.1. The van der Waals surface area contributed by atoms with Crippen LogP contribution in [0.2, 0.25) is 0 Å². The van der Waals surface area contributed by atoms with Crippen LogP contribution in [-0.4, -0.2) is 28.0 Å². The maximum absolute atomic E-state index is 14.1. The van der Waals surface area contributed by atoms with Gasteiger partial charge < -0.3 is 15.7 Å². The van der Waals surface area contributed by atoms with Gasteiger partial charge in [-0.25, -0.2) is 4.39 Å². The van der Waals surface area contributed by atoms with E-state index in [1.165, 1.54) is 23.5 Å². The molecule has 0 spiro atoms. The van der Waals surface area contributed by atoms with Gasteiger partial charge in [0.25, 0.3) is 5.91 Å². The summed E-state index contributed by atoms with van der Waals surface area (Å²) in [5.74, 6) is -1.51. The summed E-state index contributed by atoms with van der Waals surface area (Å²) < 4.78 is 14.1. The molecule has 0 radical (unpaired) electrons. The molecule has 0 saturated heterocycles. The number of carbonyl (C=O) groups is 1. The molecule has 6 nitrogen and oxygen atoms in total. The highest BCUT2D eigenvalue weighted by atomic mass is 32.1.